The Bertz CT molecular complexity index is 850. The van der Waals surface area contributed by atoms with E-state index in [-0.39, 0.29) is 10.1 Å². The molecule has 0 aliphatic carbocycles. The van der Waals surface area contributed by atoms with Crippen LogP contribution in [0.1, 0.15) is 25.3 Å². The van der Waals surface area contributed by atoms with Crippen molar-refractivity contribution in [2.75, 3.05) is 13.2 Å². The van der Waals surface area contributed by atoms with Crippen LogP contribution in [0.3, 0.4) is 0 Å². The van der Waals surface area contributed by atoms with Crippen molar-refractivity contribution < 1.29 is 17.9 Å². The minimum absolute atomic E-state index is 0.260. The third-order valence-corrected chi connectivity index (χ3v) is 7.52. The molecule has 2 aromatic rings. The monoisotopic (exact) mass is 394 g/mol. The van der Waals surface area contributed by atoms with Gasteiger partial charge in [-0.15, -0.1) is 11.3 Å². The Labute approximate surface area is 157 Å². The van der Waals surface area contributed by atoms with Crippen molar-refractivity contribution in [2.45, 2.75) is 36.6 Å². The number of carbonyl (C=O) groups excluding carboxylic acids is 1. The predicted octanol–water partition coefficient (Wildman–Crippen LogP) is 2.62. The molecule has 0 saturated carbocycles. The van der Waals surface area contributed by atoms with Gasteiger partial charge in [-0.3, -0.25) is 4.79 Å². The number of nitrogens with zero attached hydrogens (tertiary/aromatic N) is 1. The van der Waals surface area contributed by atoms with Gasteiger partial charge in [0.25, 0.3) is 10.0 Å². The fourth-order valence-electron chi connectivity index (χ4n) is 3.03. The minimum Gasteiger partial charge on any atom is -0.494 e. The van der Waals surface area contributed by atoms with Crippen LogP contribution >= 0.6 is 11.3 Å². The molecule has 3 rings (SSSR count). The van der Waals surface area contributed by atoms with Crippen LogP contribution in [-0.2, 0) is 21.4 Å². The normalized spacial score (nSPS) is 18.0. The highest BCUT2D eigenvalue weighted by Gasteiger charge is 2.39. The molecule has 6 nitrogen and oxygen atoms in total. The molecule has 1 aliphatic rings. The fourth-order valence-corrected chi connectivity index (χ4v) is 5.81. The summed E-state index contributed by atoms with van der Waals surface area (Å²) in [5.74, 6) is 0.492. The first-order valence-electron chi connectivity index (χ1n) is 8.57. The number of sulfonamides is 1. The molecule has 1 amide bonds. The van der Waals surface area contributed by atoms with Gasteiger partial charge < -0.3 is 10.1 Å². The van der Waals surface area contributed by atoms with E-state index in [9.17, 15) is 13.2 Å². The maximum Gasteiger partial charge on any atom is 0.253 e. The number of carbonyl (C=O) groups is 1. The number of hydrogen-bond acceptors (Lipinski definition) is 5. The summed E-state index contributed by atoms with van der Waals surface area (Å²) in [6.45, 7) is 3.20. The van der Waals surface area contributed by atoms with Crippen molar-refractivity contribution in [1.29, 1.82) is 0 Å². The smallest absolute Gasteiger partial charge is 0.253 e. The summed E-state index contributed by atoms with van der Waals surface area (Å²) in [4.78, 5) is 12.6. The third kappa shape index (κ3) is 4.08. The zero-order valence-corrected chi connectivity index (χ0v) is 16.2. The van der Waals surface area contributed by atoms with Gasteiger partial charge >= 0.3 is 0 Å². The lowest BCUT2D eigenvalue weighted by atomic mass is 10.2. The lowest BCUT2D eigenvalue weighted by molar-refractivity contribution is -0.124. The summed E-state index contributed by atoms with van der Waals surface area (Å²) >= 11 is 1.17. The van der Waals surface area contributed by atoms with Crippen molar-refractivity contribution in [3.8, 4) is 5.75 Å². The Hall–Kier alpha value is -1.90. The van der Waals surface area contributed by atoms with Gasteiger partial charge in [-0.25, -0.2) is 8.42 Å². The Balaban J connectivity index is 1.66. The first kappa shape index (κ1) is 18.9. The molecule has 0 unspecified atom stereocenters. The van der Waals surface area contributed by atoms with Crippen LogP contribution in [0.15, 0.2) is 46.0 Å². The molecule has 8 heteroatoms. The topological polar surface area (TPSA) is 75.7 Å². The lowest BCUT2D eigenvalue weighted by Crippen LogP contribution is -2.45. The second-order valence-electron chi connectivity index (χ2n) is 6.00. The quantitative estimate of drug-likeness (QED) is 0.783. The van der Waals surface area contributed by atoms with E-state index < -0.39 is 16.1 Å². The van der Waals surface area contributed by atoms with E-state index in [1.807, 2.05) is 31.2 Å². The molecule has 0 bridgehead atoms. The van der Waals surface area contributed by atoms with Crippen LogP contribution in [0.2, 0.25) is 0 Å². The van der Waals surface area contributed by atoms with Gasteiger partial charge in [0.05, 0.1) is 6.61 Å². The Morgan fingerprint density at radius 1 is 1.35 bits per heavy atom. The Kier molecular flexibility index (Phi) is 5.95. The highest BCUT2D eigenvalue weighted by Crippen LogP contribution is 2.28. The molecule has 140 valence electrons. The number of ether oxygens (including phenoxy) is 1. The van der Waals surface area contributed by atoms with Crippen LogP contribution in [0.4, 0.5) is 0 Å². The maximum absolute atomic E-state index is 12.7. The molecule has 1 fully saturated rings. The van der Waals surface area contributed by atoms with E-state index in [1.165, 1.54) is 15.6 Å². The van der Waals surface area contributed by atoms with Gasteiger partial charge in [0.15, 0.2) is 0 Å². The largest absolute Gasteiger partial charge is 0.494 e. The summed E-state index contributed by atoms with van der Waals surface area (Å²) in [7, 11) is -3.62. The van der Waals surface area contributed by atoms with Crippen molar-refractivity contribution >= 4 is 27.3 Å². The van der Waals surface area contributed by atoms with Crippen LogP contribution in [0.25, 0.3) is 0 Å². The molecule has 1 saturated heterocycles. The molecule has 1 N–H and O–H groups in total. The summed E-state index contributed by atoms with van der Waals surface area (Å²) < 4.78 is 32.5. The van der Waals surface area contributed by atoms with E-state index in [2.05, 4.69) is 5.32 Å². The first-order chi connectivity index (χ1) is 12.5. The zero-order valence-electron chi connectivity index (χ0n) is 14.6. The molecule has 1 aliphatic heterocycles. The minimum atomic E-state index is -3.62. The van der Waals surface area contributed by atoms with Crippen LogP contribution in [-0.4, -0.2) is 37.8 Å². The molecule has 2 heterocycles. The third-order valence-electron chi connectivity index (χ3n) is 4.24. The molecule has 0 spiro atoms. The van der Waals surface area contributed by atoms with E-state index in [0.717, 1.165) is 11.3 Å². The van der Waals surface area contributed by atoms with Crippen LogP contribution < -0.4 is 10.1 Å². The van der Waals surface area contributed by atoms with Crippen molar-refractivity contribution in [3.05, 3.63) is 47.3 Å². The number of nitrogens with one attached hydrogen (secondary N) is 1. The highest BCUT2D eigenvalue weighted by atomic mass is 32.2. The SMILES string of the molecule is CCOc1cccc(CNC(=O)[C@H]2CCCN2S(=O)(=O)c2cccs2)c1. The number of benzene rings is 1. The predicted molar refractivity (Wildman–Crippen MR) is 101 cm³/mol. The van der Waals surface area contributed by atoms with Crippen molar-refractivity contribution in [3.63, 3.8) is 0 Å². The van der Waals surface area contributed by atoms with Crippen LogP contribution in [0, 0.1) is 0 Å². The van der Waals surface area contributed by atoms with Gasteiger partial charge in [-0.2, -0.15) is 4.31 Å². The molecule has 1 aromatic heterocycles. The molecular weight excluding hydrogens is 372 g/mol. The molecule has 26 heavy (non-hydrogen) atoms. The van der Waals surface area contributed by atoms with E-state index in [0.29, 0.717) is 32.5 Å². The van der Waals surface area contributed by atoms with Gasteiger partial charge in [0.2, 0.25) is 5.91 Å². The highest BCUT2D eigenvalue weighted by molar-refractivity contribution is 7.91. The fraction of sp³-hybridized carbons (Fsp3) is 0.389. The number of rotatable bonds is 7. The van der Waals surface area contributed by atoms with E-state index in [4.69, 9.17) is 4.74 Å². The van der Waals surface area contributed by atoms with Gasteiger partial charge in [0.1, 0.15) is 16.0 Å². The maximum atomic E-state index is 12.7. The van der Waals surface area contributed by atoms with Crippen molar-refractivity contribution in [1.82, 2.24) is 9.62 Å². The average molecular weight is 395 g/mol. The average Bonchev–Trinajstić information content (AvgIpc) is 3.32. The summed E-state index contributed by atoms with van der Waals surface area (Å²) in [6, 6.07) is 10.1. The number of amides is 1. The van der Waals surface area contributed by atoms with Gasteiger partial charge in [0, 0.05) is 13.1 Å². The van der Waals surface area contributed by atoms with Gasteiger partial charge in [-0.1, -0.05) is 18.2 Å². The summed E-state index contributed by atoms with van der Waals surface area (Å²) in [5.41, 5.74) is 0.912. The standard InChI is InChI=1S/C18H22N2O4S2/c1-2-24-15-7-3-6-14(12-15)13-19-18(21)16-8-4-10-20(16)26(22,23)17-9-5-11-25-17/h3,5-7,9,11-12,16H,2,4,8,10,13H2,1H3,(H,19,21)/t16-/m1/s1. The molecular formula is C18H22N2O4S2. The summed E-state index contributed by atoms with van der Waals surface area (Å²) in [5, 5.41) is 4.59. The van der Waals surface area contributed by atoms with E-state index >= 15 is 0 Å². The molecule has 1 aromatic carbocycles. The zero-order chi connectivity index (χ0) is 18.6. The number of thiophene rings is 1. The van der Waals surface area contributed by atoms with Crippen LogP contribution in [0.5, 0.6) is 5.75 Å². The first-order valence-corrected chi connectivity index (χ1v) is 10.9. The Morgan fingerprint density at radius 3 is 2.92 bits per heavy atom. The second-order valence-corrected chi connectivity index (χ2v) is 9.07. The van der Waals surface area contributed by atoms with E-state index in [1.54, 1.807) is 17.5 Å². The summed E-state index contributed by atoms with van der Waals surface area (Å²) in [6.07, 6.45) is 1.22. The van der Waals surface area contributed by atoms with Gasteiger partial charge in [-0.05, 0) is 48.9 Å². The second kappa shape index (κ2) is 8.20. The Morgan fingerprint density at radius 2 is 2.19 bits per heavy atom. The van der Waals surface area contributed by atoms with Crippen molar-refractivity contribution in [2.24, 2.45) is 0 Å². The molecule has 1 atom stereocenters. The number of hydrogen-bond donors (Lipinski definition) is 1. The lowest BCUT2D eigenvalue weighted by Gasteiger charge is -2.22. The molecule has 0 radical (unpaired) electrons.